The highest BCUT2D eigenvalue weighted by molar-refractivity contribution is 6.36. The first-order valence-electron chi connectivity index (χ1n) is 9.16. The lowest BCUT2D eigenvalue weighted by atomic mass is 10.1. The lowest BCUT2D eigenvalue weighted by molar-refractivity contribution is 0.0624. The van der Waals surface area contributed by atoms with Gasteiger partial charge in [-0.25, -0.2) is 9.97 Å². The molecule has 7 nitrogen and oxygen atoms in total. The first kappa shape index (κ1) is 17.0. The summed E-state index contributed by atoms with van der Waals surface area (Å²) in [5, 5.41) is 10.4. The molecule has 2 fully saturated rings. The monoisotopic (exact) mass is 392 g/mol. The van der Waals surface area contributed by atoms with Crippen LogP contribution in [0, 0.1) is 11.3 Å². The number of anilines is 1. The van der Waals surface area contributed by atoms with Gasteiger partial charge in [-0.2, -0.15) is 5.26 Å². The van der Waals surface area contributed by atoms with Gasteiger partial charge in [0.2, 0.25) is 0 Å². The van der Waals surface area contributed by atoms with Gasteiger partial charge >= 0.3 is 0 Å². The Hall–Kier alpha value is -3.11. The van der Waals surface area contributed by atoms with E-state index < -0.39 is 0 Å². The molecule has 28 heavy (non-hydrogen) atoms. The van der Waals surface area contributed by atoms with Crippen LogP contribution in [-0.4, -0.2) is 50.9 Å². The van der Waals surface area contributed by atoms with Crippen LogP contribution in [0.4, 0.5) is 5.82 Å². The van der Waals surface area contributed by atoms with E-state index in [0.29, 0.717) is 29.2 Å². The molecule has 1 aliphatic heterocycles. The predicted octanol–water partition coefficient (Wildman–Crippen LogP) is 2.98. The van der Waals surface area contributed by atoms with Gasteiger partial charge in [0.15, 0.2) is 0 Å². The second-order valence-corrected chi connectivity index (χ2v) is 7.76. The van der Waals surface area contributed by atoms with Crippen LogP contribution in [0.1, 0.15) is 28.8 Å². The number of aromatic amines is 1. The average molecular weight is 393 g/mol. The summed E-state index contributed by atoms with van der Waals surface area (Å²) < 4.78 is 0. The molecule has 1 saturated carbocycles. The Bertz CT molecular complexity index is 1110. The van der Waals surface area contributed by atoms with Gasteiger partial charge in [0.05, 0.1) is 27.6 Å². The highest BCUT2D eigenvalue weighted by Gasteiger charge is 2.53. The molecular weight excluding hydrogens is 376 g/mol. The van der Waals surface area contributed by atoms with Gasteiger partial charge < -0.3 is 14.8 Å². The number of nitrogens with one attached hydrogen (secondary N) is 1. The number of halogens is 1. The van der Waals surface area contributed by atoms with E-state index in [9.17, 15) is 4.79 Å². The Labute approximate surface area is 166 Å². The second-order valence-electron chi connectivity index (χ2n) is 7.35. The fourth-order valence-electron chi connectivity index (χ4n) is 4.04. The third kappa shape index (κ3) is 2.60. The molecule has 3 heterocycles. The van der Waals surface area contributed by atoms with E-state index in [1.165, 1.54) is 0 Å². The summed E-state index contributed by atoms with van der Waals surface area (Å²) in [5.74, 6) is 0.835. The zero-order valence-corrected chi connectivity index (χ0v) is 15.8. The van der Waals surface area contributed by atoms with Crippen molar-refractivity contribution in [3.05, 3.63) is 52.9 Å². The summed E-state index contributed by atoms with van der Waals surface area (Å²) in [6.45, 7) is 2.02. The van der Waals surface area contributed by atoms with Crippen LogP contribution < -0.4 is 4.90 Å². The van der Waals surface area contributed by atoms with Crippen molar-refractivity contribution in [1.29, 1.82) is 5.26 Å². The van der Waals surface area contributed by atoms with Gasteiger partial charge in [-0.15, -0.1) is 0 Å². The van der Waals surface area contributed by atoms with Gasteiger partial charge in [-0.3, -0.25) is 4.79 Å². The van der Waals surface area contributed by atoms with Crippen molar-refractivity contribution < 1.29 is 4.79 Å². The smallest absolute Gasteiger partial charge is 0.254 e. The Morgan fingerprint density at radius 2 is 2.00 bits per heavy atom. The lowest BCUT2D eigenvalue weighted by Gasteiger charge is -2.43. The van der Waals surface area contributed by atoms with Crippen LogP contribution in [0.2, 0.25) is 5.02 Å². The van der Waals surface area contributed by atoms with Crippen LogP contribution in [-0.2, 0) is 0 Å². The average Bonchev–Trinajstić information content (AvgIpc) is 3.39. The Morgan fingerprint density at radius 3 is 2.71 bits per heavy atom. The molecular formula is C20H17ClN6O. The molecule has 0 atom stereocenters. The SMILES string of the molecule is N#Cc1ccc(C(=O)N2CCN(c3ncnc4[nH]cc(Cl)c34)CC23CC3)cc1. The molecule has 1 aliphatic carbocycles. The van der Waals surface area contributed by atoms with E-state index >= 15 is 0 Å². The summed E-state index contributed by atoms with van der Waals surface area (Å²) in [7, 11) is 0. The third-order valence-corrected chi connectivity index (χ3v) is 5.98. The van der Waals surface area contributed by atoms with Crippen molar-refractivity contribution in [1.82, 2.24) is 19.9 Å². The Kier molecular flexibility index (Phi) is 3.78. The lowest BCUT2D eigenvalue weighted by Crippen LogP contribution is -2.57. The molecule has 1 amide bonds. The maximum atomic E-state index is 13.1. The summed E-state index contributed by atoms with van der Waals surface area (Å²) in [5.41, 5.74) is 1.73. The number of aromatic nitrogens is 3. The standard InChI is InChI=1S/C20H17ClN6O/c21-15-10-23-17-16(15)18(25-12-24-17)26-7-8-27(20(11-26)5-6-20)19(28)14-3-1-13(9-22)2-4-14/h1-4,10,12H,5-8,11H2,(H,23,24,25). The Morgan fingerprint density at radius 1 is 1.21 bits per heavy atom. The molecule has 0 bridgehead atoms. The summed E-state index contributed by atoms with van der Waals surface area (Å²) >= 11 is 6.34. The maximum absolute atomic E-state index is 13.1. The van der Waals surface area contributed by atoms with Crippen molar-refractivity contribution in [2.24, 2.45) is 0 Å². The molecule has 3 aromatic rings. The number of nitrogens with zero attached hydrogens (tertiary/aromatic N) is 5. The minimum Gasteiger partial charge on any atom is -0.352 e. The number of rotatable bonds is 2. The molecule has 5 rings (SSSR count). The predicted molar refractivity (Wildman–Crippen MR) is 105 cm³/mol. The molecule has 0 unspecified atom stereocenters. The van der Waals surface area contributed by atoms with Crippen molar-refractivity contribution in [3.8, 4) is 6.07 Å². The zero-order chi connectivity index (χ0) is 19.3. The minimum absolute atomic E-state index is 0.0224. The van der Waals surface area contributed by atoms with E-state index in [4.69, 9.17) is 16.9 Å². The van der Waals surface area contributed by atoms with Crippen molar-refractivity contribution in [2.75, 3.05) is 24.5 Å². The highest BCUT2D eigenvalue weighted by atomic mass is 35.5. The fourth-order valence-corrected chi connectivity index (χ4v) is 4.27. The van der Waals surface area contributed by atoms with Crippen LogP contribution in [0.15, 0.2) is 36.8 Å². The number of nitriles is 1. The van der Waals surface area contributed by atoms with Gasteiger partial charge in [0.25, 0.3) is 5.91 Å². The minimum atomic E-state index is -0.163. The van der Waals surface area contributed by atoms with Gasteiger partial charge in [-0.05, 0) is 37.1 Å². The topological polar surface area (TPSA) is 88.9 Å². The number of benzene rings is 1. The zero-order valence-electron chi connectivity index (χ0n) is 15.0. The number of hydrogen-bond donors (Lipinski definition) is 1. The van der Waals surface area contributed by atoms with E-state index in [-0.39, 0.29) is 11.4 Å². The van der Waals surface area contributed by atoms with Crippen LogP contribution in [0.25, 0.3) is 11.0 Å². The molecule has 2 aromatic heterocycles. The molecule has 1 aromatic carbocycles. The number of fused-ring (bicyclic) bond motifs is 1. The van der Waals surface area contributed by atoms with Crippen LogP contribution in [0.3, 0.4) is 0 Å². The molecule has 8 heteroatoms. The maximum Gasteiger partial charge on any atom is 0.254 e. The number of H-pyrrole nitrogens is 1. The van der Waals surface area contributed by atoms with Gasteiger partial charge in [0, 0.05) is 31.4 Å². The van der Waals surface area contributed by atoms with Gasteiger partial charge in [0.1, 0.15) is 17.8 Å². The van der Waals surface area contributed by atoms with Gasteiger partial charge in [-0.1, -0.05) is 11.6 Å². The largest absolute Gasteiger partial charge is 0.352 e. The van der Waals surface area contributed by atoms with Crippen molar-refractivity contribution >= 4 is 34.4 Å². The summed E-state index contributed by atoms with van der Waals surface area (Å²) in [6, 6.07) is 8.93. The number of hydrogen-bond acceptors (Lipinski definition) is 5. The van der Waals surface area contributed by atoms with E-state index in [0.717, 1.165) is 36.2 Å². The quantitative estimate of drug-likeness (QED) is 0.724. The molecule has 1 saturated heterocycles. The normalized spacial score (nSPS) is 17.7. The third-order valence-electron chi connectivity index (χ3n) is 5.69. The molecule has 1 N–H and O–H groups in total. The molecule has 0 radical (unpaired) electrons. The number of carbonyl (C=O) groups excluding carboxylic acids is 1. The highest BCUT2D eigenvalue weighted by Crippen LogP contribution is 2.46. The van der Waals surface area contributed by atoms with Crippen molar-refractivity contribution in [2.45, 2.75) is 18.4 Å². The first-order valence-corrected chi connectivity index (χ1v) is 9.54. The van der Waals surface area contributed by atoms with Crippen LogP contribution >= 0.6 is 11.6 Å². The number of amides is 1. The number of carbonyl (C=O) groups is 1. The number of piperazine rings is 1. The van der Waals surface area contributed by atoms with Crippen LogP contribution in [0.5, 0.6) is 0 Å². The molecule has 140 valence electrons. The second kappa shape index (κ2) is 6.21. The summed E-state index contributed by atoms with van der Waals surface area (Å²) in [6.07, 6.45) is 5.21. The molecule has 1 spiro atoms. The Balaban J connectivity index is 1.42. The fraction of sp³-hybridized carbons (Fsp3) is 0.300. The first-order chi connectivity index (χ1) is 13.6. The van der Waals surface area contributed by atoms with E-state index in [2.05, 4.69) is 25.9 Å². The van der Waals surface area contributed by atoms with Crippen molar-refractivity contribution in [3.63, 3.8) is 0 Å². The summed E-state index contributed by atoms with van der Waals surface area (Å²) in [4.78, 5) is 29.1. The van der Waals surface area contributed by atoms with E-state index in [1.807, 2.05) is 4.90 Å². The molecule has 2 aliphatic rings. The van der Waals surface area contributed by atoms with E-state index in [1.54, 1.807) is 36.8 Å².